The summed E-state index contributed by atoms with van der Waals surface area (Å²) < 4.78 is 22.7. The van der Waals surface area contributed by atoms with Gasteiger partial charge in [-0.05, 0) is 25.0 Å². The zero-order valence-electron chi connectivity index (χ0n) is 10.9. The van der Waals surface area contributed by atoms with E-state index in [1.165, 1.54) is 6.07 Å². The van der Waals surface area contributed by atoms with Crippen molar-refractivity contribution >= 4 is 27.4 Å². The summed E-state index contributed by atoms with van der Waals surface area (Å²) in [5.74, 6) is -2.35. The molecule has 1 aromatic carbocycles. The molecule has 0 bridgehead atoms. The van der Waals surface area contributed by atoms with Gasteiger partial charge in [-0.15, -0.1) is 0 Å². The number of hydrogen-bond acceptors (Lipinski definition) is 4. The summed E-state index contributed by atoms with van der Waals surface area (Å²) >= 11 is 0. The number of sulfone groups is 1. The Morgan fingerprint density at radius 1 is 1.35 bits per heavy atom. The first kappa shape index (κ1) is 14.5. The molecular weight excluding hydrogens is 282 g/mol. The highest BCUT2D eigenvalue weighted by Gasteiger charge is 2.33. The van der Waals surface area contributed by atoms with Crippen LogP contribution in [0.5, 0.6) is 0 Å². The van der Waals surface area contributed by atoms with Gasteiger partial charge in [0.05, 0.1) is 28.7 Å². The highest BCUT2D eigenvalue weighted by Crippen LogP contribution is 2.23. The van der Waals surface area contributed by atoms with Crippen molar-refractivity contribution in [1.29, 1.82) is 0 Å². The van der Waals surface area contributed by atoms with Crippen LogP contribution in [-0.2, 0) is 14.6 Å². The number of carbonyl (C=O) groups is 2. The Morgan fingerprint density at radius 2 is 2.05 bits per heavy atom. The summed E-state index contributed by atoms with van der Waals surface area (Å²) in [6.07, 6.45) is 0.280. The molecule has 0 spiro atoms. The molecule has 0 radical (unpaired) electrons. The molecular formula is C13H15NO5S. The van der Waals surface area contributed by atoms with Crippen molar-refractivity contribution in [3.05, 3.63) is 29.3 Å². The lowest BCUT2D eigenvalue weighted by Crippen LogP contribution is -2.25. The minimum Gasteiger partial charge on any atom is -0.478 e. The van der Waals surface area contributed by atoms with Gasteiger partial charge < -0.3 is 10.4 Å². The molecule has 0 saturated carbocycles. The number of rotatable bonds is 3. The molecule has 2 rings (SSSR count). The van der Waals surface area contributed by atoms with Gasteiger partial charge in [-0.3, -0.25) is 4.79 Å². The Labute approximate surface area is 116 Å². The molecule has 1 aromatic rings. The van der Waals surface area contributed by atoms with E-state index in [2.05, 4.69) is 5.32 Å². The Morgan fingerprint density at radius 3 is 2.60 bits per heavy atom. The number of carboxylic acids is 1. The molecule has 1 atom stereocenters. The number of anilines is 1. The van der Waals surface area contributed by atoms with E-state index < -0.39 is 27.6 Å². The summed E-state index contributed by atoms with van der Waals surface area (Å²) in [6.45, 7) is 1.64. The smallest absolute Gasteiger partial charge is 0.338 e. The molecule has 1 fully saturated rings. The predicted octanol–water partition coefficient (Wildman–Crippen LogP) is 1.07. The monoisotopic (exact) mass is 297 g/mol. The van der Waals surface area contributed by atoms with Crippen molar-refractivity contribution < 1.29 is 23.1 Å². The number of benzene rings is 1. The van der Waals surface area contributed by atoms with Crippen molar-refractivity contribution in [3.63, 3.8) is 0 Å². The maximum Gasteiger partial charge on any atom is 0.338 e. The SMILES string of the molecule is Cc1cccc(NC(=O)C2CCS(=O)(=O)C2)c1C(=O)O. The molecule has 108 valence electrons. The third-order valence-electron chi connectivity index (χ3n) is 3.35. The van der Waals surface area contributed by atoms with Crippen LogP contribution in [0.4, 0.5) is 5.69 Å². The lowest BCUT2D eigenvalue weighted by Gasteiger charge is -2.13. The third-order valence-corrected chi connectivity index (χ3v) is 5.12. The van der Waals surface area contributed by atoms with Gasteiger partial charge in [-0.2, -0.15) is 0 Å². The highest BCUT2D eigenvalue weighted by atomic mass is 32.2. The van der Waals surface area contributed by atoms with Crippen LogP contribution >= 0.6 is 0 Å². The Kier molecular flexibility index (Phi) is 3.80. The lowest BCUT2D eigenvalue weighted by atomic mass is 10.0. The second-order valence-corrected chi connectivity index (χ2v) is 7.12. The second-order valence-electron chi connectivity index (χ2n) is 4.89. The number of aryl methyl sites for hydroxylation is 1. The van der Waals surface area contributed by atoms with Gasteiger partial charge >= 0.3 is 5.97 Å². The number of nitrogens with one attached hydrogen (secondary N) is 1. The normalized spacial score (nSPS) is 20.6. The van der Waals surface area contributed by atoms with Gasteiger partial charge in [0.2, 0.25) is 5.91 Å². The first-order valence-corrected chi connectivity index (χ1v) is 7.96. The molecule has 0 aromatic heterocycles. The minimum absolute atomic E-state index is 0.00465. The van der Waals surface area contributed by atoms with Crippen molar-refractivity contribution in [3.8, 4) is 0 Å². The van der Waals surface area contributed by atoms with Crippen LogP contribution in [0.15, 0.2) is 18.2 Å². The Bertz CT molecular complexity index is 665. The van der Waals surface area contributed by atoms with E-state index in [0.29, 0.717) is 5.56 Å². The van der Waals surface area contributed by atoms with Crippen molar-refractivity contribution in [2.75, 3.05) is 16.8 Å². The molecule has 1 aliphatic heterocycles. The van der Waals surface area contributed by atoms with E-state index in [1.807, 2.05) is 0 Å². The summed E-state index contributed by atoms with van der Waals surface area (Å²) in [6, 6.07) is 4.78. The molecule has 0 aliphatic carbocycles. The first-order valence-electron chi connectivity index (χ1n) is 6.14. The first-order chi connectivity index (χ1) is 9.30. The average molecular weight is 297 g/mol. The van der Waals surface area contributed by atoms with Crippen molar-refractivity contribution in [1.82, 2.24) is 0 Å². The van der Waals surface area contributed by atoms with Gasteiger partial charge in [0, 0.05) is 0 Å². The number of hydrogen-bond donors (Lipinski definition) is 2. The molecule has 1 saturated heterocycles. The van der Waals surface area contributed by atoms with Crippen LogP contribution in [0.2, 0.25) is 0 Å². The predicted molar refractivity (Wildman–Crippen MR) is 73.5 cm³/mol. The zero-order valence-corrected chi connectivity index (χ0v) is 11.7. The van der Waals surface area contributed by atoms with Gasteiger partial charge in [0.1, 0.15) is 0 Å². The molecule has 1 heterocycles. The number of carboxylic acid groups (broad SMARTS) is 1. The zero-order chi connectivity index (χ0) is 14.9. The number of amides is 1. The average Bonchev–Trinajstić information content (AvgIpc) is 2.69. The fourth-order valence-corrected chi connectivity index (χ4v) is 4.03. The van der Waals surface area contributed by atoms with Crippen LogP contribution in [0.25, 0.3) is 0 Å². The van der Waals surface area contributed by atoms with E-state index >= 15 is 0 Å². The third kappa shape index (κ3) is 2.98. The molecule has 1 amide bonds. The van der Waals surface area contributed by atoms with Gasteiger partial charge in [-0.25, -0.2) is 13.2 Å². The molecule has 2 N–H and O–H groups in total. The van der Waals surface area contributed by atoms with Crippen molar-refractivity contribution in [2.24, 2.45) is 5.92 Å². The number of carbonyl (C=O) groups excluding carboxylic acids is 1. The maximum absolute atomic E-state index is 12.0. The molecule has 7 heteroatoms. The van der Waals surface area contributed by atoms with Crippen LogP contribution in [0, 0.1) is 12.8 Å². The summed E-state index contributed by atoms with van der Waals surface area (Å²) in [7, 11) is -3.14. The van der Waals surface area contributed by atoms with E-state index in [9.17, 15) is 18.0 Å². The highest BCUT2D eigenvalue weighted by molar-refractivity contribution is 7.91. The quantitative estimate of drug-likeness (QED) is 0.869. The molecule has 1 unspecified atom stereocenters. The largest absolute Gasteiger partial charge is 0.478 e. The van der Waals surface area contributed by atoms with E-state index in [4.69, 9.17) is 5.11 Å². The lowest BCUT2D eigenvalue weighted by molar-refractivity contribution is -0.119. The van der Waals surface area contributed by atoms with Gasteiger partial charge in [-0.1, -0.05) is 12.1 Å². The Hall–Kier alpha value is -1.89. The van der Waals surface area contributed by atoms with Crippen LogP contribution < -0.4 is 5.32 Å². The fraction of sp³-hybridized carbons (Fsp3) is 0.385. The summed E-state index contributed by atoms with van der Waals surface area (Å²) in [5.41, 5.74) is 0.767. The summed E-state index contributed by atoms with van der Waals surface area (Å²) in [4.78, 5) is 23.2. The van der Waals surface area contributed by atoms with Crippen LogP contribution in [0.1, 0.15) is 22.3 Å². The van der Waals surface area contributed by atoms with Crippen molar-refractivity contribution in [2.45, 2.75) is 13.3 Å². The molecule has 1 aliphatic rings. The van der Waals surface area contributed by atoms with E-state index in [-0.39, 0.29) is 29.2 Å². The van der Waals surface area contributed by atoms with E-state index in [0.717, 1.165) is 0 Å². The molecule has 6 nitrogen and oxygen atoms in total. The number of aromatic carboxylic acids is 1. The van der Waals surface area contributed by atoms with Gasteiger partial charge in [0.15, 0.2) is 9.84 Å². The van der Waals surface area contributed by atoms with Gasteiger partial charge in [0.25, 0.3) is 0 Å². The molecule has 20 heavy (non-hydrogen) atoms. The second kappa shape index (κ2) is 5.24. The maximum atomic E-state index is 12.0. The topological polar surface area (TPSA) is 101 Å². The summed E-state index contributed by atoms with van der Waals surface area (Å²) in [5, 5.41) is 11.7. The minimum atomic E-state index is -3.14. The van der Waals surface area contributed by atoms with Crippen LogP contribution in [-0.4, -0.2) is 36.9 Å². The standard InChI is InChI=1S/C13H15NO5S/c1-8-3-2-4-10(11(8)13(16)17)14-12(15)9-5-6-20(18,19)7-9/h2-4,9H,5-7H2,1H3,(H,14,15)(H,16,17). The fourth-order valence-electron chi connectivity index (χ4n) is 2.29. The van der Waals surface area contributed by atoms with E-state index in [1.54, 1.807) is 19.1 Å². The van der Waals surface area contributed by atoms with Crippen LogP contribution in [0.3, 0.4) is 0 Å². The Balaban J connectivity index is 2.21.